The van der Waals surface area contributed by atoms with Crippen molar-refractivity contribution in [3.8, 4) is 0 Å². The monoisotopic (exact) mass is 178 g/mol. The number of ether oxygens (including phenoxy) is 1. The quantitative estimate of drug-likeness (QED) is 0.710. The average molecular weight is 178 g/mol. The van der Waals surface area contributed by atoms with Crippen LogP contribution in [0.1, 0.15) is 24.3 Å². The van der Waals surface area contributed by atoms with Gasteiger partial charge in [-0.1, -0.05) is 0 Å². The highest BCUT2D eigenvalue weighted by molar-refractivity contribution is 5.46. The van der Waals surface area contributed by atoms with Gasteiger partial charge < -0.3 is 10.5 Å². The minimum Gasteiger partial charge on any atom is -0.397 e. The number of pyridine rings is 1. The van der Waals surface area contributed by atoms with Crippen molar-refractivity contribution in [3.63, 3.8) is 0 Å². The van der Waals surface area contributed by atoms with Crippen molar-refractivity contribution in [3.05, 3.63) is 24.0 Å². The number of hydrogen-bond donors (Lipinski definition) is 1. The summed E-state index contributed by atoms with van der Waals surface area (Å²) in [5.74, 6) is 0.469. The first-order chi connectivity index (χ1) is 6.38. The van der Waals surface area contributed by atoms with Crippen LogP contribution >= 0.6 is 0 Å². The van der Waals surface area contributed by atoms with E-state index in [1.807, 2.05) is 6.07 Å². The van der Waals surface area contributed by atoms with Gasteiger partial charge in [0.15, 0.2) is 0 Å². The predicted octanol–water partition coefficient (Wildman–Crippen LogP) is 1.56. The molecule has 70 valence electrons. The summed E-state index contributed by atoms with van der Waals surface area (Å²) in [5.41, 5.74) is 7.81. The second kappa shape index (κ2) is 3.75. The van der Waals surface area contributed by atoms with Gasteiger partial charge in [0.05, 0.1) is 18.5 Å². The van der Waals surface area contributed by atoms with Gasteiger partial charge in [0.2, 0.25) is 0 Å². The van der Waals surface area contributed by atoms with Crippen LogP contribution in [0.3, 0.4) is 0 Å². The second-order valence-electron chi connectivity index (χ2n) is 3.42. The third-order valence-corrected chi connectivity index (χ3v) is 2.49. The molecular formula is C10H14N2O. The van der Waals surface area contributed by atoms with Gasteiger partial charge >= 0.3 is 0 Å². The Balaban J connectivity index is 2.18. The molecule has 3 heteroatoms. The van der Waals surface area contributed by atoms with E-state index in [9.17, 15) is 0 Å². The molecule has 1 aliphatic heterocycles. The normalized spacial score (nSPS) is 22.9. The molecular weight excluding hydrogens is 164 g/mol. The maximum absolute atomic E-state index is 5.83. The zero-order chi connectivity index (χ0) is 9.10. The minimum atomic E-state index is 0.469. The van der Waals surface area contributed by atoms with E-state index in [1.54, 1.807) is 12.4 Å². The number of hydrogen-bond acceptors (Lipinski definition) is 3. The molecule has 1 aromatic heterocycles. The Kier molecular flexibility index (Phi) is 2.45. The van der Waals surface area contributed by atoms with Gasteiger partial charge in [-0.25, -0.2) is 0 Å². The van der Waals surface area contributed by atoms with Crippen molar-refractivity contribution in [2.24, 2.45) is 0 Å². The molecule has 0 aliphatic carbocycles. The van der Waals surface area contributed by atoms with Gasteiger partial charge in [-0.2, -0.15) is 0 Å². The summed E-state index contributed by atoms with van der Waals surface area (Å²) in [6.07, 6.45) is 5.81. The van der Waals surface area contributed by atoms with Gasteiger partial charge in [0, 0.05) is 18.7 Å². The lowest BCUT2D eigenvalue weighted by atomic mass is 9.93. The Labute approximate surface area is 77.9 Å². The van der Waals surface area contributed by atoms with Crippen LogP contribution in [-0.4, -0.2) is 18.2 Å². The van der Waals surface area contributed by atoms with E-state index in [4.69, 9.17) is 10.5 Å². The first kappa shape index (κ1) is 8.51. The third-order valence-electron chi connectivity index (χ3n) is 2.49. The predicted molar refractivity (Wildman–Crippen MR) is 51.4 cm³/mol. The molecule has 1 unspecified atom stereocenters. The number of rotatable bonds is 1. The fraction of sp³-hybridized carbons (Fsp3) is 0.500. The minimum absolute atomic E-state index is 0.469. The summed E-state index contributed by atoms with van der Waals surface area (Å²) in [4.78, 5) is 3.97. The van der Waals surface area contributed by atoms with Crippen molar-refractivity contribution in [2.75, 3.05) is 18.9 Å². The van der Waals surface area contributed by atoms with Gasteiger partial charge in [0.25, 0.3) is 0 Å². The molecule has 2 rings (SSSR count). The Hall–Kier alpha value is -1.09. The molecule has 2 heterocycles. The lowest BCUT2D eigenvalue weighted by molar-refractivity contribution is 0.0806. The van der Waals surface area contributed by atoms with Crippen molar-refractivity contribution in [1.82, 2.24) is 4.98 Å². The van der Waals surface area contributed by atoms with Crippen LogP contribution < -0.4 is 5.73 Å². The Morgan fingerprint density at radius 2 is 2.46 bits per heavy atom. The van der Waals surface area contributed by atoms with Gasteiger partial charge in [-0.05, 0) is 24.5 Å². The molecule has 0 aromatic carbocycles. The zero-order valence-corrected chi connectivity index (χ0v) is 7.57. The smallest absolute Gasteiger partial charge is 0.0536 e. The Bertz CT molecular complexity index is 282. The number of aromatic nitrogens is 1. The standard InChI is InChI=1S/C10H14N2O/c11-10-6-12-4-3-9(10)8-2-1-5-13-7-8/h3-4,6,8H,1-2,5,7,11H2. The molecule has 0 amide bonds. The molecule has 1 saturated heterocycles. The SMILES string of the molecule is Nc1cnccc1C1CCCOC1. The van der Waals surface area contributed by atoms with E-state index in [0.717, 1.165) is 25.3 Å². The third kappa shape index (κ3) is 1.80. The zero-order valence-electron chi connectivity index (χ0n) is 7.57. The van der Waals surface area contributed by atoms with E-state index in [-0.39, 0.29) is 0 Å². The number of nitrogens with two attached hydrogens (primary N) is 1. The van der Waals surface area contributed by atoms with Crippen molar-refractivity contribution < 1.29 is 4.74 Å². The van der Waals surface area contributed by atoms with Gasteiger partial charge in [-0.3, -0.25) is 4.98 Å². The first-order valence-corrected chi connectivity index (χ1v) is 4.65. The highest BCUT2D eigenvalue weighted by atomic mass is 16.5. The van der Waals surface area contributed by atoms with Gasteiger partial charge in [0.1, 0.15) is 0 Å². The van der Waals surface area contributed by atoms with Crippen LogP contribution in [0.15, 0.2) is 18.5 Å². The van der Waals surface area contributed by atoms with E-state index >= 15 is 0 Å². The van der Waals surface area contributed by atoms with Crippen LogP contribution in [0.5, 0.6) is 0 Å². The van der Waals surface area contributed by atoms with Crippen molar-refractivity contribution >= 4 is 5.69 Å². The van der Waals surface area contributed by atoms with Crippen LogP contribution in [0.2, 0.25) is 0 Å². The molecule has 1 aromatic rings. The summed E-state index contributed by atoms with van der Waals surface area (Å²) in [6, 6.07) is 1.99. The number of nitrogens with zero attached hydrogens (tertiary/aromatic N) is 1. The second-order valence-corrected chi connectivity index (χ2v) is 3.42. The van der Waals surface area contributed by atoms with Crippen molar-refractivity contribution in [2.45, 2.75) is 18.8 Å². The van der Waals surface area contributed by atoms with Crippen LogP contribution in [0, 0.1) is 0 Å². The molecule has 0 saturated carbocycles. The highest BCUT2D eigenvalue weighted by Gasteiger charge is 2.17. The molecule has 3 nitrogen and oxygen atoms in total. The molecule has 1 fully saturated rings. The molecule has 0 bridgehead atoms. The lowest BCUT2D eigenvalue weighted by Gasteiger charge is -2.23. The van der Waals surface area contributed by atoms with E-state index in [2.05, 4.69) is 4.98 Å². The lowest BCUT2D eigenvalue weighted by Crippen LogP contribution is -2.16. The van der Waals surface area contributed by atoms with Crippen molar-refractivity contribution in [1.29, 1.82) is 0 Å². The molecule has 0 radical (unpaired) electrons. The van der Waals surface area contributed by atoms with E-state index in [0.29, 0.717) is 5.92 Å². The summed E-state index contributed by atoms with van der Waals surface area (Å²) in [6.45, 7) is 1.69. The molecule has 13 heavy (non-hydrogen) atoms. The molecule has 2 N–H and O–H groups in total. The fourth-order valence-electron chi connectivity index (χ4n) is 1.78. The fourth-order valence-corrected chi connectivity index (χ4v) is 1.78. The number of nitrogen functional groups attached to an aromatic ring is 1. The summed E-state index contributed by atoms with van der Waals surface area (Å²) in [5, 5.41) is 0. The Morgan fingerprint density at radius 3 is 3.15 bits per heavy atom. The van der Waals surface area contributed by atoms with Crippen LogP contribution in [0.25, 0.3) is 0 Å². The van der Waals surface area contributed by atoms with E-state index < -0.39 is 0 Å². The highest BCUT2D eigenvalue weighted by Crippen LogP contribution is 2.28. The first-order valence-electron chi connectivity index (χ1n) is 4.65. The Morgan fingerprint density at radius 1 is 1.54 bits per heavy atom. The summed E-state index contributed by atoms with van der Waals surface area (Å²) in [7, 11) is 0. The van der Waals surface area contributed by atoms with Gasteiger partial charge in [-0.15, -0.1) is 0 Å². The topological polar surface area (TPSA) is 48.1 Å². The summed E-state index contributed by atoms with van der Waals surface area (Å²) >= 11 is 0. The maximum atomic E-state index is 5.83. The molecule has 1 aliphatic rings. The number of anilines is 1. The average Bonchev–Trinajstić information content (AvgIpc) is 2.20. The molecule has 0 spiro atoms. The largest absolute Gasteiger partial charge is 0.397 e. The van der Waals surface area contributed by atoms with Crippen LogP contribution in [0.4, 0.5) is 5.69 Å². The maximum Gasteiger partial charge on any atom is 0.0536 e. The van der Waals surface area contributed by atoms with Crippen LogP contribution in [-0.2, 0) is 4.74 Å². The van der Waals surface area contributed by atoms with E-state index in [1.165, 1.54) is 12.0 Å². The molecule has 1 atom stereocenters. The summed E-state index contributed by atoms with van der Waals surface area (Å²) < 4.78 is 5.42.